The number of aliphatic imine (C=N–C) groups is 1. The Kier molecular flexibility index (Phi) is 6.21. The molecule has 0 aromatic heterocycles. The third kappa shape index (κ3) is 5.06. The maximum Gasteiger partial charge on any atom is 0.191 e. The molecule has 0 unspecified atom stereocenters. The van der Waals surface area contributed by atoms with Crippen molar-refractivity contribution in [3.05, 3.63) is 35.4 Å². The van der Waals surface area contributed by atoms with Crippen LogP contribution in [0.5, 0.6) is 0 Å². The maximum atomic E-state index is 5.97. The first-order valence-corrected chi connectivity index (χ1v) is 8.17. The fourth-order valence-electron chi connectivity index (χ4n) is 1.99. The van der Waals surface area contributed by atoms with Crippen molar-refractivity contribution in [2.45, 2.75) is 12.7 Å². The lowest BCUT2D eigenvalue weighted by molar-refractivity contribution is 0.0674. The van der Waals surface area contributed by atoms with E-state index in [1.807, 2.05) is 11.8 Å². The second kappa shape index (κ2) is 8.17. The molecule has 1 aromatic carbocycles. The molecule has 0 saturated carbocycles. The monoisotopic (exact) mass is 293 g/mol. The van der Waals surface area contributed by atoms with E-state index in [1.165, 1.54) is 11.1 Å². The van der Waals surface area contributed by atoms with Crippen molar-refractivity contribution in [2.75, 3.05) is 38.6 Å². The van der Waals surface area contributed by atoms with E-state index < -0.39 is 0 Å². The Labute approximate surface area is 125 Å². The Morgan fingerprint density at radius 2 is 2.00 bits per heavy atom. The minimum absolute atomic E-state index is 0.657. The summed E-state index contributed by atoms with van der Waals surface area (Å²) in [6, 6.07) is 8.69. The third-order valence-corrected chi connectivity index (χ3v) is 4.24. The lowest BCUT2D eigenvalue weighted by Crippen LogP contribution is -2.44. The zero-order chi connectivity index (χ0) is 14.2. The predicted molar refractivity (Wildman–Crippen MR) is 86.2 cm³/mol. The Bertz CT molecular complexity index is 427. The molecule has 0 bridgehead atoms. The highest BCUT2D eigenvalue weighted by Gasteiger charge is 2.11. The van der Waals surface area contributed by atoms with Gasteiger partial charge in [-0.1, -0.05) is 29.8 Å². The van der Waals surface area contributed by atoms with E-state index in [4.69, 9.17) is 10.5 Å². The van der Waals surface area contributed by atoms with Gasteiger partial charge in [0.15, 0.2) is 5.96 Å². The molecule has 20 heavy (non-hydrogen) atoms. The summed E-state index contributed by atoms with van der Waals surface area (Å²) in [5, 5.41) is 0. The Morgan fingerprint density at radius 1 is 1.30 bits per heavy atom. The minimum atomic E-state index is 0.657. The predicted octanol–water partition coefficient (Wildman–Crippen LogP) is 1.88. The van der Waals surface area contributed by atoms with E-state index in [0.717, 1.165) is 44.4 Å². The third-order valence-electron chi connectivity index (χ3n) is 3.23. The molecule has 2 rings (SSSR count). The van der Waals surface area contributed by atoms with Gasteiger partial charge in [0.2, 0.25) is 0 Å². The second-order valence-electron chi connectivity index (χ2n) is 4.88. The molecule has 0 aliphatic carbocycles. The van der Waals surface area contributed by atoms with Crippen LogP contribution in [0.1, 0.15) is 11.1 Å². The van der Waals surface area contributed by atoms with Gasteiger partial charge in [0.05, 0.1) is 19.8 Å². The number of aryl methyl sites for hydroxylation is 1. The normalized spacial score (nSPS) is 16.4. The van der Waals surface area contributed by atoms with Gasteiger partial charge in [0, 0.05) is 24.6 Å². The number of hydrogen-bond donors (Lipinski definition) is 1. The van der Waals surface area contributed by atoms with Crippen molar-refractivity contribution in [3.8, 4) is 0 Å². The molecule has 0 spiro atoms. The van der Waals surface area contributed by atoms with Crippen LogP contribution in [-0.2, 0) is 10.5 Å². The quantitative estimate of drug-likeness (QED) is 0.511. The first-order valence-electron chi connectivity index (χ1n) is 7.01. The van der Waals surface area contributed by atoms with Gasteiger partial charge < -0.3 is 15.4 Å². The number of morpholine rings is 1. The Morgan fingerprint density at radius 3 is 2.70 bits per heavy atom. The summed E-state index contributed by atoms with van der Waals surface area (Å²) in [5.41, 5.74) is 8.64. The number of nitrogens with two attached hydrogens (primary N) is 1. The van der Waals surface area contributed by atoms with Crippen LogP contribution < -0.4 is 5.73 Å². The van der Waals surface area contributed by atoms with Crippen LogP contribution in [0.2, 0.25) is 0 Å². The van der Waals surface area contributed by atoms with Crippen molar-refractivity contribution in [1.29, 1.82) is 0 Å². The number of rotatable bonds is 5. The van der Waals surface area contributed by atoms with Crippen LogP contribution in [-0.4, -0.2) is 49.5 Å². The average Bonchev–Trinajstić information content (AvgIpc) is 2.49. The van der Waals surface area contributed by atoms with Gasteiger partial charge >= 0.3 is 0 Å². The lowest BCUT2D eigenvalue weighted by atomic mass is 10.2. The molecule has 4 nitrogen and oxygen atoms in total. The molecule has 1 aliphatic rings. The maximum absolute atomic E-state index is 5.97. The van der Waals surface area contributed by atoms with Crippen LogP contribution in [0, 0.1) is 6.92 Å². The Hall–Kier alpha value is -1.20. The number of benzene rings is 1. The molecule has 1 heterocycles. The SMILES string of the molecule is Cc1ccc(CSCCN=C(N)N2CCOCC2)cc1. The van der Waals surface area contributed by atoms with Gasteiger partial charge in [-0.15, -0.1) is 0 Å². The lowest BCUT2D eigenvalue weighted by Gasteiger charge is -2.27. The molecule has 1 aliphatic heterocycles. The second-order valence-corrected chi connectivity index (χ2v) is 5.98. The summed E-state index contributed by atoms with van der Waals surface area (Å²) in [7, 11) is 0. The number of guanidine groups is 1. The van der Waals surface area contributed by atoms with Crippen molar-refractivity contribution >= 4 is 17.7 Å². The number of thioether (sulfide) groups is 1. The van der Waals surface area contributed by atoms with Crippen molar-refractivity contribution in [2.24, 2.45) is 10.7 Å². The number of nitrogens with zero attached hydrogens (tertiary/aromatic N) is 2. The van der Waals surface area contributed by atoms with E-state index in [1.54, 1.807) is 0 Å². The average molecular weight is 293 g/mol. The van der Waals surface area contributed by atoms with Gasteiger partial charge in [-0.05, 0) is 12.5 Å². The molecule has 5 heteroatoms. The molecule has 0 atom stereocenters. The summed E-state index contributed by atoms with van der Waals surface area (Å²) in [6.45, 7) is 6.09. The van der Waals surface area contributed by atoms with E-state index >= 15 is 0 Å². The summed E-state index contributed by atoms with van der Waals surface area (Å²) in [4.78, 5) is 6.53. The van der Waals surface area contributed by atoms with Gasteiger partial charge in [0.25, 0.3) is 0 Å². The van der Waals surface area contributed by atoms with Gasteiger partial charge in [-0.2, -0.15) is 11.8 Å². The first-order chi connectivity index (χ1) is 9.75. The van der Waals surface area contributed by atoms with Crippen molar-refractivity contribution < 1.29 is 4.74 Å². The van der Waals surface area contributed by atoms with E-state index in [2.05, 4.69) is 41.1 Å². The van der Waals surface area contributed by atoms with Crippen LogP contribution >= 0.6 is 11.8 Å². The van der Waals surface area contributed by atoms with Crippen LogP contribution in [0.3, 0.4) is 0 Å². The summed E-state index contributed by atoms with van der Waals surface area (Å²) in [5.74, 6) is 2.69. The van der Waals surface area contributed by atoms with Crippen molar-refractivity contribution in [3.63, 3.8) is 0 Å². The van der Waals surface area contributed by atoms with Crippen LogP contribution in [0.25, 0.3) is 0 Å². The van der Waals surface area contributed by atoms with E-state index in [9.17, 15) is 0 Å². The number of hydrogen-bond acceptors (Lipinski definition) is 3. The molecule has 0 amide bonds. The highest BCUT2D eigenvalue weighted by Crippen LogP contribution is 2.12. The first kappa shape index (κ1) is 15.2. The minimum Gasteiger partial charge on any atom is -0.378 e. The summed E-state index contributed by atoms with van der Waals surface area (Å²) < 4.78 is 5.29. The number of ether oxygens (including phenoxy) is 1. The van der Waals surface area contributed by atoms with Gasteiger partial charge in [-0.25, -0.2) is 0 Å². The fraction of sp³-hybridized carbons (Fsp3) is 0.533. The molecule has 110 valence electrons. The zero-order valence-corrected chi connectivity index (χ0v) is 12.9. The van der Waals surface area contributed by atoms with Gasteiger partial charge in [-0.3, -0.25) is 4.99 Å². The largest absolute Gasteiger partial charge is 0.378 e. The summed E-state index contributed by atoms with van der Waals surface area (Å²) >= 11 is 1.89. The molecule has 2 N–H and O–H groups in total. The molecule has 1 fully saturated rings. The fourth-order valence-corrected chi connectivity index (χ4v) is 2.78. The highest BCUT2D eigenvalue weighted by atomic mass is 32.2. The topological polar surface area (TPSA) is 50.8 Å². The van der Waals surface area contributed by atoms with Crippen molar-refractivity contribution in [1.82, 2.24) is 4.90 Å². The molecular weight excluding hydrogens is 270 g/mol. The van der Waals surface area contributed by atoms with Crippen LogP contribution in [0.15, 0.2) is 29.3 Å². The molecule has 1 saturated heterocycles. The van der Waals surface area contributed by atoms with Crippen LogP contribution in [0.4, 0.5) is 0 Å². The van der Waals surface area contributed by atoms with E-state index in [-0.39, 0.29) is 0 Å². The molecule has 0 radical (unpaired) electrons. The summed E-state index contributed by atoms with van der Waals surface area (Å²) in [6.07, 6.45) is 0. The Balaban J connectivity index is 1.64. The molecule has 1 aromatic rings. The standard InChI is InChI=1S/C15H23N3OS/c1-13-2-4-14(5-3-13)12-20-11-6-17-15(16)18-7-9-19-10-8-18/h2-5H,6-12H2,1H3,(H2,16,17). The zero-order valence-electron chi connectivity index (χ0n) is 12.0. The smallest absolute Gasteiger partial charge is 0.191 e. The van der Waals surface area contributed by atoms with E-state index in [0.29, 0.717) is 5.96 Å². The van der Waals surface area contributed by atoms with Gasteiger partial charge in [0.1, 0.15) is 0 Å². The highest BCUT2D eigenvalue weighted by molar-refractivity contribution is 7.98. The molecular formula is C15H23N3OS.